The van der Waals surface area contributed by atoms with Crippen molar-refractivity contribution in [3.05, 3.63) is 60.2 Å². The van der Waals surface area contributed by atoms with Gasteiger partial charge in [-0.25, -0.2) is 0 Å². The number of carbonyl (C=O) groups excluding carboxylic acids is 2. The van der Waals surface area contributed by atoms with E-state index in [9.17, 15) is 9.59 Å². The largest absolute Gasteiger partial charge is 0.457 e. The van der Waals surface area contributed by atoms with Gasteiger partial charge in [-0.05, 0) is 29.8 Å². The number of piperidine rings is 1. The lowest BCUT2D eigenvalue weighted by atomic mass is 9.89. The van der Waals surface area contributed by atoms with Crippen LogP contribution in [0.5, 0.6) is 11.5 Å². The van der Waals surface area contributed by atoms with Gasteiger partial charge >= 0.3 is 0 Å². The smallest absolute Gasteiger partial charge is 0.227 e. The molecule has 1 N–H and O–H groups in total. The van der Waals surface area contributed by atoms with E-state index in [1.165, 1.54) is 0 Å². The molecule has 0 spiro atoms. The number of carbonyl (C=O) groups is 2. The van der Waals surface area contributed by atoms with Crippen LogP contribution in [0.25, 0.3) is 0 Å². The van der Waals surface area contributed by atoms with E-state index < -0.39 is 0 Å². The maximum absolute atomic E-state index is 11.5. The van der Waals surface area contributed by atoms with Gasteiger partial charge in [0.05, 0.1) is 0 Å². The van der Waals surface area contributed by atoms with Crippen molar-refractivity contribution in [2.75, 3.05) is 0 Å². The molecule has 0 aliphatic carbocycles. The van der Waals surface area contributed by atoms with Gasteiger partial charge in [0.15, 0.2) is 0 Å². The zero-order valence-corrected chi connectivity index (χ0v) is 11.4. The Kier molecular flexibility index (Phi) is 3.69. The Hall–Kier alpha value is -2.62. The van der Waals surface area contributed by atoms with Crippen LogP contribution < -0.4 is 10.1 Å². The summed E-state index contributed by atoms with van der Waals surface area (Å²) in [5.74, 6) is 0.950. The Bertz CT molecular complexity index is 651. The van der Waals surface area contributed by atoms with Crippen LogP contribution in [0.15, 0.2) is 54.6 Å². The minimum Gasteiger partial charge on any atom is -0.457 e. The fraction of sp³-hybridized carbons (Fsp3) is 0.176. The minimum atomic E-state index is -0.217. The summed E-state index contributed by atoms with van der Waals surface area (Å²) in [5.41, 5.74) is 0.951. The first-order valence-corrected chi connectivity index (χ1v) is 6.86. The first kappa shape index (κ1) is 13.4. The molecule has 106 valence electrons. The van der Waals surface area contributed by atoms with Gasteiger partial charge in [-0.3, -0.25) is 14.9 Å². The predicted octanol–water partition coefficient (Wildman–Crippen LogP) is 3.00. The van der Waals surface area contributed by atoms with Gasteiger partial charge in [0.2, 0.25) is 11.8 Å². The molecule has 3 rings (SSSR count). The number of hydrogen-bond donors (Lipinski definition) is 1. The van der Waals surface area contributed by atoms with Gasteiger partial charge in [-0.15, -0.1) is 0 Å². The molecular formula is C17H15NO3. The molecule has 1 saturated heterocycles. The molecule has 0 atom stereocenters. The second-order valence-electron chi connectivity index (χ2n) is 5.06. The van der Waals surface area contributed by atoms with Gasteiger partial charge in [-0.2, -0.15) is 0 Å². The van der Waals surface area contributed by atoms with Crippen molar-refractivity contribution < 1.29 is 14.3 Å². The van der Waals surface area contributed by atoms with Crippen molar-refractivity contribution in [3.63, 3.8) is 0 Å². The van der Waals surface area contributed by atoms with Crippen LogP contribution in [0.2, 0.25) is 0 Å². The molecule has 0 aromatic heterocycles. The van der Waals surface area contributed by atoms with Gasteiger partial charge in [0.1, 0.15) is 11.5 Å². The molecule has 4 heteroatoms. The fourth-order valence-corrected chi connectivity index (χ4v) is 2.47. The summed E-state index contributed by atoms with van der Waals surface area (Å²) in [6.07, 6.45) is 0.668. The molecule has 0 saturated carbocycles. The van der Waals surface area contributed by atoms with E-state index in [1.807, 2.05) is 54.6 Å². The summed E-state index contributed by atoms with van der Waals surface area (Å²) >= 11 is 0. The van der Waals surface area contributed by atoms with Crippen LogP contribution in [-0.4, -0.2) is 11.8 Å². The average molecular weight is 281 g/mol. The summed E-state index contributed by atoms with van der Waals surface area (Å²) in [5, 5.41) is 2.32. The van der Waals surface area contributed by atoms with E-state index in [1.54, 1.807) is 0 Å². The van der Waals surface area contributed by atoms with Gasteiger partial charge in [-0.1, -0.05) is 30.3 Å². The van der Waals surface area contributed by atoms with E-state index in [0.29, 0.717) is 18.6 Å². The highest BCUT2D eigenvalue weighted by atomic mass is 16.5. The molecule has 21 heavy (non-hydrogen) atoms. The molecule has 0 unspecified atom stereocenters. The second-order valence-corrected chi connectivity index (χ2v) is 5.06. The number of amides is 2. The van der Waals surface area contributed by atoms with Gasteiger partial charge < -0.3 is 4.74 Å². The fourth-order valence-electron chi connectivity index (χ4n) is 2.47. The third-order valence-corrected chi connectivity index (χ3v) is 3.45. The monoisotopic (exact) mass is 281 g/mol. The predicted molar refractivity (Wildman–Crippen MR) is 78.1 cm³/mol. The zero-order chi connectivity index (χ0) is 14.7. The van der Waals surface area contributed by atoms with Crippen molar-refractivity contribution in [1.29, 1.82) is 0 Å². The number of hydrogen-bond acceptors (Lipinski definition) is 3. The average Bonchev–Trinajstić information content (AvgIpc) is 2.47. The Labute approximate surface area is 122 Å². The first-order valence-electron chi connectivity index (χ1n) is 6.86. The molecule has 1 aliphatic rings. The molecule has 1 fully saturated rings. The van der Waals surface area contributed by atoms with Crippen molar-refractivity contribution in [2.45, 2.75) is 18.8 Å². The number of rotatable bonds is 3. The highest BCUT2D eigenvalue weighted by molar-refractivity contribution is 5.98. The van der Waals surface area contributed by atoms with E-state index >= 15 is 0 Å². The van der Waals surface area contributed by atoms with Crippen LogP contribution in [0.4, 0.5) is 0 Å². The topological polar surface area (TPSA) is 55.4 Å². The van der Waals surface area contributed by atoms with Gasteiger partial charge in [0.25, 0.3) is 0 Å². The molecule has 4 nitrogen and oxygen atoms in total. The SMILES string of the molecule is O=C1CC(c2cccc(Oc3ccccc3)c2)CC(=O)N1. The van der Waals surface area contributed by atoms with Crippen molar-refractivity contribution in [3.8, 4) is 11.5 Å². The first-order chi connectivity index (χ1) is 10.2. The van der Waals surface area contributed by atoms with Crippen LogP contribution in [0.3, 0.4) is 0 Å². The highest BCUT2D eigenvalue weighted by Gasteiger charge is 2.26. The standard InChI is InChI=1S/C17H15NO3/c19-16-10-13(11-17(20)18-16)12-5-4-8-15(9-12)21-14-6-2-1-3-7-14/h1-9,13H,10-11H2,(H,18,19,20). The third kappa shape index (κ3) is 3.28. The van der Waals surface area contributed by atoms with E-state index in [2.05, 4.69) is 5.32 Å². The Morgan fingerprint density at radius 3 is 2.24 bits per heavy atom. The summed E-state index contributed by atoms with van der Waals surface area (Å²) in [6, 6.07) is 17.1. The number of ether oxygens (including phenoxy) is 1. The molecule has 0 bridgehead atoms. The molecule has 2 amide bonds. The summed E-state index contributed by atoms with van der Waals surface area (Å²) < 4.78 is 5.78. The second kappa shape index (κ2) is 5.79. The molecule has 2 aromatic carbocycles. The molecular weight excluding hydrogens is 266 g/mol. The van der Waals surface area contributed by atoms with Crippen LogP contribution in [0.1, 0.15) is 24.3 Å². The molecule has 2 aromatic rings. The lowest BCUT2D eigenvalue weighted by molar-refractivity contribution is -0.133. The van der Waals surface area contributed by atoms with E-state index in [4.69, 9.17) is 4.74 Å². The summed E-state index contributed by atoms with van der Waals surface area (Å²) in [6.45, 7) is 0. The lowest BCUT2D eigenvalue weighted by Crippen LogP contribution is -2.37. The Morgan fingerprint density at radius 2 is 1.52 bits per heavy atom. The summed E-state index contributed by atoms with van der Waals surface area (Å²) in [4.78, 5) is 22.9. The van der Waals surface area contributed by atoms with Gasteiger partial charge in [0, 0.05) is 18.8 Å². The Balaban J connectivity index is 1.80. The Morgan fingerprint density at radius 1 is 0.857 bits per heavy atom. The minimum absolute atomic E-state index is 0.0782. The summed E-state index contributed by atoms with van der Waals surface area (Å²) in [7, 11) is 0. The number of benzene rings is 2. The number of nitrogens with one attached hydrogen (secondary N) is 1. The molecule has 1 aliphatic heterocycles. The van der Waals surface area contributed by atoms with Crippen LogP contribution >= 0.6 is 0 Å². The number of imide groups is 1. The van der Waals surface area contributed by atoms with Crippen molar-refractivity contribution in [2.24, 2.45) is 0 Å². The van der Waals surface area contributed by atoms with E-state index in [-0.39, 0.29) is 17.7 Å². The van der Waals surface area contributed by atoms with Crippen molar-refractivity contribution in [1.82, 2.24) is 5.32 Å². The normalized spacial score (nSPS) is 15.6. The van der Waals surface area contributed by atoms with Crippen LogP contribution in [0, 0.1) is 0 Å². The zero-order valence-electron chi connectivity index (χ0n) is 11.4. The maximum atomic E-state index is 11.5. The van der Waals surface area contributed by atoms with Crippen LogP contribution in [-0.2, 0) is 9.59 Å². The molecule has 0 radical (unpaired) electrons. The maximum Gasteiger partial charge on any atom is 0.227 e. The van der Waals surface area contributed by atoms with Crippen molar-refractivity contribution >= 4 is 11.8 Å². The highest BCUT2D eigenvalue weighted by Crippen LogP contribution is 2.30. The van der Waals surface area contributed by atoms with E-state index in [0.717, 1.165) is 11.3 Å². The third-order valence-electron chi connectivity index (χ3n) is 3.45. The molecule has 1 heterocycles. The lowest BCUT2D eigenvalue weighted by Gasteiger charge is -2.21. The number of para-hydroxylation sites is 1. The quantitative estimate of drug-likeness (QED) is 0.880.